The molecule has 0 aliphatic carbocycles. The van der Waals surface area contributed by atoms with Gasteiger partial charge in [0.2, 0.25) is 11.9 Å². The summed E-state index contributed by atoms with van der Waals surface area (Å²) in [6, 6.07) is 6.28. The van der Waals surface area contributed by atoms with Crippen LogP contribution in [0.25, 0.3) is 11.1 Å². The predicted molar refractivity (Wildman–Crippen MR) is 88.0 cm³/mol. The number of aromatic amines is 1. The van der Waals surface area contributed by atoms with E-state index in [0.717, 1.165) is 16.8 Å². The van der Waals surface area contributed by atoms with Crippen molar-refractivity contribution in [3.8, 4) is 11.1 Å². The molecule has 0 spiro atoms. The zero-order valence-corrected chi connectivity index (χ0v) is 12.8. The number of pyridine rings is 1. The first kappa shape index (κ1) is 14.1. The number of aryl methyl sites for hydroxylation is 3. The summed E-state index contributed by atoms with van der Waals surface area (Å²) in [4.78, 5) is 8.33. The Morgan fingerprint density at radius 2 is 1.77 bits per heavy atom. The number of nitrogens with two attached hydrogens (primary N) is 1. The molecule has 6 heteroatoms. The first-order chi connectivity index (χ1) is 10.5. The van der Waals surface area contributed by atoms with Crippen molar-refractivity contribution in [2.24, 2.45) is 0 Å². The third kappa shape index (κ3) is 2.76. The standard InChI is InChI=1S/C16H18N6/c1-9-4-12(8-18-7-9)14-10(2)5-13(6-11(14)3)19-16-20-15(17)21-22-16/h4-8H,1-3H3,(H4,17,19,20,21,22). The van der Waals surface area contributed by atoms with E-state index in [9.17, 15) is 0 Å². The summed E-state index contributed by atoms with van der Waals surface area (Å²) in [5.74, 6) is 0.750. The normalized spacial score (nSPS) is 10.7. The molecular weight excluding hydrogens is 276 g/mol. The van der Waals surface area contributed by atoms with Gasteiger partial charge in [0.15, 0.2) is 0 Å². The molecule has 4 N–H and O–H groups in total. The van der Waals surface area contributed by atoms with Gasteiger partial charge in [0, 0.05) is 23.6 Å². The van der Waals surface area contributed by atoms with E-state index >= 15 is 0 Å². The number of H-pyrrole nitrogens is 1. The SMILES string of the molecule is Cc1cncc(-c2c(C)cc(Nc3n[nH]c(N)n3)cc2C)c1. The van der Waals surface area contributed by atoms with Gasteiger partial charge in [-0.2, -0.15) is 4.98 Å². The van der Waals surface area contributed by atoms with E-state index in [-0.39, 0.29) is 0 Å². The summed E-state index contributed by atoms with van der Waals surface area (Å²) in [5.41, 5.74) is 12.3. The zero-order chi connectivity index (χ0) is 15.7. The van der Waals surface area contributed by atoms with Gasteiger partial charge in [0.25, 0.3) is 0 Å². The molecule has 0 saturated carbocycles. The minimum atomic E-state index is 0.290. The topological polar surface area (TPSA) is 92.5 Å². The molecule has 0 amide bonds. The molecule has 0 atom stereocenters. The minimum absolute atomic E-state index is 0.290. The quantitative estimate of drug-likeness (QED) is 0.690. The molecule has 3 aromatic rings. The molecule has 0 aliphatic rings. The number of hydrogen-bond donors (Lipinski definition) is 3. The third-order valence-corrected chi connectivity index (χ3v) is 3.46. The number of hydrogen-bond acceptors (Lipinski definition) is 5. The second-order valence-electron chi connectivity index (χ2n) is 5.41. The lowest BCUT2D eigenvalue weighted by Crippen LogP contribution is -1.97. The number of aromatic nitrogens is 4. The number of anilines is 3. The summed E-state index contributed by atoms with van der Waals surface area (Å²) in [6.07, 6.45) is 3.75. The fourth-order valence-electron chi connectivity index (χ4n) is 2.64. The maximum Gasteiger partial charge on any atom is 0.248 e. The Morgan fingerprint density at radius 3 is 2.36 bits per heavy atom. The number of nitrogens with zero attached hydrogens (tertiary/aromatic N) is 3. The fourth-order valence-corrected chi connectivity index (χ4v) is 2.64. The zero-order valence-electron chi connectivity index (χ0n) is 12.8. The molecule has 6 nitrogen and oxygen atoms in total. The van der Waals surface area contributed by atoms with E-state index in [1.807, 2.05) is 19.3 Å². The molecule has 0 aliphatic heterocycles. The van der Waals surface area contributed by atoms with Gasteiger partial charge >= 0.3 is 0 Å². The van der Waals surface area contributed by atoms with Crippen LogP contribution in [-0.4, -0.2) is 20.2 Å². The summed E-state index contributed by atoms with van der Waals surface area (Å²) in [5, 5.41) is 9.74. The monoisotopic (exact) mass is 294 g/mol. The van der Waals surface area contributed by atoms with Gasteiger partial charge in [-0.1, -0.05) is 0 Å². The molecule has 0 saturated heterocycles. The van der Waals surface area contributed by atoms with Crippen LogP contribution in [0.2, 0.25) is 0 Å². The molecule has 0 bridgehead atoms. The van der Waals surface area contributed by atoms with Crippen LogP contribution in [-0.2, 0) is 0 Å². The Labute approximate surface area is 128 Å². The van der Waals surface area contributed by atoms with E-state index in [2.05, 4.69) is 57.5 Å². The highest BCUT2D eigenvalue weighted by Crippen LogP contribution is 2.30. The van der Waals surface area contributed by atoms with Crippen molar-refractivity contribution < 1.29 is 0 Å². The fraction of sp³-hybridized carbons (Fsp3) is 0.188. The molecule has 22 heavy (non-hydrogen) atoms. The smallest absolute Gasteiger partial charge is 0.248 e. The highest BCUT2D eigenvalue weighted by Gasteiger charge is 2.09. The van der Waals surface area contributed by atoms with Gasteiger partial charge in [-0.05, 0) is 61.2 Å². The van der Waals surface area contributed by atoms with Gasteiger partial charge in [-0.15, -0.1) is 5.10 Å². The Balaban J connectivity index is 1.98. The molecular formula is C16H18N6. The van der Waals surface area contributed by atoms with Gasteiger partial charge in [0.05, 0.1) is 0 Å². The number of benzene rings is 1. The van der Waals surface area contributed by atoms with E-state index in [0.29, 0.717) is 11.9 Å². The molecule has 0 fully saturated rings. The molecule has 112 valence electrons. The number of rotatable bonds is 3. The average molecular weight is 294 g/mol. The van der Waals surface area contributed by atoms with Crippen LogP contribution in [0, 0.1) is 20.8 Å². The average Bonchev–Trinajstić information content (AvgIpc) is 2.83. The van der Waals surface area contributed by atoms with Crippen LogP contribution in [0.5, 0.6) is 0 Å². The Hall–Kier alpha value is -2.89. The van der Waals surface area contributed by atoms with E-state index in [1.54, 1.807) is 0 Å². The molecule has 0 radical (unpaired) electrons. The van der Waals surface area contributed by atoms with E-state index < -0.39 is 0 Å². The number of nitrogen functional groups attached to an aromatic ring is 1. The molecule has 2 heterocycles. The van der Waals surface area contributed by atoms with E-state index in [1.165, 1.54) is 16.7 Å². The van der Waals surface area contributed by atoms with Gasteiger partial charge in [-0.25, -0.2) is 5.10 Å². The lowest BCUT2D eigenvalue weighted by Gasteiger charge is -2.13. The van der Waals surface area contributed by atoms with Crippen molar-refractivity contribution in [2.75, 3.05) is 11.1 Å². The van der Waals surface area contributed by atoms with Crippen molar-refractivity contribution >= 4 is 17.6 Å². The Kier molecular flexibility index (Phi) is 3.50. The van der Waals surface area contributed by atoms with Crippen LogP contribution in [0.1, 0.15) is 16.7 Å². The van der Waals surface area contributed by atoms with E-state index in [4.69, 9.17) is 5.73 Å². The highest BCUT2D eigenvalue weighted by atomic mass is 15.3. The first-order valence-electron chi connectivity index (χ1n) is 7.01. The number of nitrogens with one attached hydrogen (secondary N) is 2. The predicted octanol–water partition coefficient (Wildman–Crippen LogP) is 3.12. The van der Waals surface area contributed by atoms with Gasteiger partial charge in [0.1, 0.15) is 0 Å². The van der Waals surface area contributed by atoms with Crippen molar-refractivity contribution in [3.05, 3.63) is 47.3 Å². The summed E-state index contributed by atoms with van der Waals surface area (Å²) < 4.78 is 0. The van der Waals surface area contributed by atoms with Gasteiger partial charge in [-0.3, -0.25) is 4.98 Å². The second-order valence-corrected chi connectivity index (χ2v) is 5.41. The van der Waals surface area contributed by atoms with Crippen molar-refractivity contribution in [2.45, 2.75) is 20.8 Å². The maximum absolute atomic E-state index is 5.53. The third-order valence-electron chi connectivity index (χ3n) is 3.46. The molecule has 0 unspecified atom stereocenters. The molecule has 1 aromatic carbocycles. The Morgan fingerprint density at radius 1 is 1.05 bits per heavy atom. The molecule has 2 aromatic heterocycles. The highest BCUT2D eigenvalue weighted by molar-refractivity contribution is 5.74. The van der Waals surface area contributed by atoms with Gasteiger partial charge < -0.3 is 11.1 Å². The summed E-state index contributed by atoms with van der Waals surface area (Å²) >= 11 is 0. The van der Waals surface area contributed by atoms with Crippen LogP contribution in [0.3, 0.4) is 0 Å². The minimum Gasteiger partial charge on any atom is -0.368 e. The molecule has 3 rings (SSSR count). The largest absolute Gasteiger partial charge is 0.368 e. The van der Waals surface area contributed by atoms with Crippen LogP contribution >= 0.6 is 0 Å². The van der Waals surface area contributed by atoms with Crippen molar-refractivity contribution in [3.63, 3.8) is 0 Å². The van der Waals surface area contributed by atoms with Crippen LogP contribution < -0.4 is 11.1 Å². The maximum atomic E-state index is 5.53. The van der Waals surface area contributed by atoms with Crippen molar-refractivity contribution in [1.82, 2.24) is 20.2 Å². The summed E-state index contributed by atoms with van der Waals surface area (Å²) in [7, 11) is 0. The van der Waals surface area contributed by atoms with Crippen LogP contribution in [0.15, 0.2) is 30.6 Å². The lowest BCUT2D eigenvalue weighted by molar-refractivity contribution is 1.10. The van der Waals surface area contributed by atoms with Crippen LogP contribution in [0.4, 0.5) is 17.6 Å². The first-order valence-corrected chi connectivity index (χ1v) is 7.01. The lowest BCUT2D eigenvalue weighted by atomic mass is 9.95. The Bertz CT molecular complexity index is 798. The second kappa shape index (κ2) is 5.48. The van der Waals surface area contributed by atoms with Crippen molar-refractivity contribution in [1.29, 1.82) is 0 Å². The summed E-state index contributed by atoms with van der Waals surface area (Å²) in [6.45, 7) is 6.22.